The first kappa shape index (κ1) is 15.9. The van der Waals surface area contributed by atoms with Crippen LogP contribution in [0.3, 0.4) is 0 Å². The SMILES string of the molecule is CCNC(c1ccc2cccnc2c1)C(C)(C)S(C)(=O)=O. The Labute approximate surface area is 126 Å². The Kier molecular flexibility index (Phi) is 4.35. The molecule has 1 atom stereocenters. The molecule has 1 heterocycles. The van der Waals surface area contributed by atoms with Crippen LogP contribution in [-0.2, 0) is 9.84 Å². The van der Waals surface area contributed by atoms with E-state index in [1.165, 1.54) is 6.26 Å². The zero-order valence-corrected chi connectivity index (χ0v) is 13.7. The molecule has 21 heavy (non-hydrogen) atoms. The van der Waals surface area contributed by atoms with Crippen molar-refractivity contribution in [1.82, 2.24) is 10.3 Å². The number of rotatable bonds is 5. The molecule has 0 radical (unpaired) electrons. The summed E-state index contributed by atoms with van der Waals surface area (Å²) in [5, 5.41) is 4.35. The van der Waals surface area contributed by atoms with E-state index in [1.807, 2.05) is 37.3 Å². The Morgan fingerprint density at radius 3 is 2.62 bits per heavy atom. The molecular weight excluding hydrogens is 284 g/mol. The summed E-state index contributed by atoms with van der Waals surface area (Å²) in [6.45, 7) is 6.20. The summed E-state index contributed by atoms with van der Waals surface area (Å²) < 4.78 is 23.4. The van der Waals surface area contributed by atoms with Crippen molar-refractivity contribution in [3.63, 3.8) is 0 Å². The molecule has 0 aliphatic carbocycles. The third-order valence-electron chi connectivity index (χ3n) is 4.02. The van der Waals surface area contributed by atoms with Gasteiger partial charge in [0.25, 0.3) is 0 Å². The van der Waals surface area contributed by atoms with Crippen molar-refractivity contribution >= 4 is 20.7 Å². The number of nitrogens with one attached hydrogen (secondary N) is 1. The zero-order chi connectivity index (χ0) is 15.7. The van der Waals surface area contributed by atoms with Crippen molar-refractivity contribution in [2.75, 3.05) is 12.8 Å². The summed E-state index contributed by atoms with van der Waals surface area (Å²) >= 11 is 0. The number of pyridine rings is 1. The molecule has 1 N–H and O–H groups in total. The van der Waals surface area contributed by atoms with Crippen molar-refractivity contribution in [3.05, 3.63) is 42.1 Å². The van der Waals surface area contributed by atoms with Crippen LogP contribution in [-0.4, -0.2) is 30.9 Å². The van der Waals surface area contributed by atoms with Gasteiger partial charge < -0.3 is 5.32 Å². The molecule has 114 valence electrons. The largest absolute Gasteiger partial charge is 0.309 e. The predicted molar refractivity (Wildman–Crippen MR) is 87.1 cm³/mol. The van der Waals surface area contributed by atoms with Gasteiger partial charge in [0.05, 0.1) is 16.3 Å². The summed E-state index contributed by atoms with van der Waals surface area (Å²) in [6, 6.07) is 9.55. The minimum Gasteiger partial charge on any atom is -0.309 e. The molecule has 0 spiro atoms. The highest BCUT2D eigenvalue weighted by molar-refractivity contribution is 7.92. The van der Waals surface area contributed by atoms with Crippen LogP contribution in [0.2, 0.25) is 0 Å². The third kappa shape index (κ3) is 3.09. The maximum atomic E-state index is 12.2. The van der Waals surface area contributed by atoms with Crippen LogP contribution >= 0.6 is 0 Å². The van der Waals surface area contributed by atoms with E-state index in [2.05, 4.69) is 10.3 Å². The van der Waals surface area contributed by atoms with Gasteiger partial charge in [0.1, 0.15) is 0 Å². The molecule has 2 rings (SSSR count). The molecule has 4 nitrogen and oxygen atoms in total. The van der Waals surface area contributed by atoms with E-state index < -0.39 is 14.6 Å². The molecule has 5 heteroatoms. The number of hydrogen-bond donors (Lipinski definition) is 1. The minimum absolute atomic E-state index is 0.274. The number of hydrogen-bond acceptors (Lipinski definition) is 4. The van der Waals surface area contributed by atoms with E-state index >= 15 is 0 Å². The summed E-state index contributed by atoms with van der Waals surface area (Å²) in [5.74, 6) is 0. The summed E-state index contributed by atoms with van der Waals surface area (Å²) in [7, 11) is -3.21. The lowest BCUT2D eigenvalue weighted by Crippen LogP contribution is -2.45. The molecule has 0 saturated carbocycles. The maximum Gasteiger partial charge on any atom is 0.154 e. The van der Waals surface area contributed by atoms with Crippen molar-refractivity contribution in [3.8, 4) is 0 Å². The van der Waals surface area contributed by atoms with Crippen molar-refractivity contribution in [2.24, 2.45) is 0 Å². The van der Waals surface area contributed by atoms with Crippen molar-refractivity contribution in [1.29, 1.82) is 0 Å². The first-order chi connectivity index (χ1) is 9.77. The first-order valence-corrected chi connectivity index (χ1v) is 8.94. The second-order valence-electron chi connectivity index (χ2n) is 5.82. The van der Waals surface area contributed by atoms with Gasteiger partial charge in [0, 0.05) is 17.8 Å². The zero-order valence-electron chi connectivity index (χ0n) is 12.9. The van der Waals surface area contributed by atoms with E-state index in [9.17, 15) is 8.42 Å². The van der Waals surface area contributed by atoms with E-state index in [0.29, 0.717) is 6.54 Å². The maximum absolute atomic E-state index is 12.2. The highest BCUT2D eigenvalue weighted by Gasteiger charge is 2.39. The lowest BCUT2D eigenvalue weighted by atomic mass is 9.94. The summed E-state index contributed by atoms with van der Waals surface area (Å²) in [5.41, 5.74) is 1.82. The Morgan fingerprint density at radius 2 is 2.00 bits per heavy atom. The second kappa shape index (κ2) is 5.73. The molecule has 0 aliphatic heterocycles. The Balaban J connectivity index is 2.55. The molecule has 0 aliphatic rings. The standard InChI is InChI=1S/C16H22N2O2S/c1-5-17-15(16(2,3)21(4,19)20)13-9-8-12-7-6-10-18-14(12)11-13/h6-11,15,17H,5H2,1-4H3. The minimum atomic E-state index is -3.21. The summed E-state index contributed by atoms with van der Waals surface area (Å²) in [4.78, 5) is 4.35. The van der Waals surface area contributed by atoms with Gasteiger partial charge in [0.2, 0.25) is 0 Å². The monoisotopic (exact) mass is 306 g/mol. The lowest BCUT2D eigenvalue weighted by Gasteiger charge is -2.33. The summed E-state index contributed by atoms with van der Waals surface area (Å²) in [6.07, 6.45) is 3.03. The fourth-order valence-electron chi connectivity index (χ4n) is 2.45. The first-order valence-electron chi connectivity index (χ1n) is 7.05. The topological polar surface area (TPSA) is 59.1 Å². The van der Waals surface area contributed by atoms with Gasteiger partial charge in [-0.2, -0.15) is 0 Å². The highest BCUT2D eigenvalue weighted by Crippen LogP contribution is 2.33. The van der Waals surface area contributed by atoms with Crippen LogP contribution in [0.25, 0.3) is 10.9 Å². The third-order valence-corrected chi connectivity index (χ3v) is 6.17. The van der Waals surface area contributed by atoms with Gasteiger partial charge in [0.15, 0.2) is 9.84 Å². The number of sulfone groups is 1. The molecular formula is C16H22N2O2S. The van der Waals surface area contributed by atoms with E-state index in [0.717, 1.165) is 16.5 Å². The fraction of sp³-hybridized carbons (Fsp3) is 0.438. The van der Waals surface area contributed by atoms with Gasteiger partial charge in [-0.15, -0.1) is 0 Å². The normalized spacial score (nSPS) is 14.3. The van der Waals surface area contributed by atoms with Crippen LogP contribution < -0.4 is 5.32 Å². The average molecular weight is 306 g/mol. The second-order valence-corrected chi connectivity index (χ2v) is 8.42. The van der Waals surface area contributed by atoms with Crippen molar-refractivity contribution < 1.29 is 8.42 Å². The number of aromatic nitrogens is 1. The van der Waals surface area contributed by atoms with Gasteiger partial charge in [-0.3, -0.25) is 4.98 Å². The predicted octanol–water partition coefficient (Wildman–Crippen LogP) is 2.71. The Bertz CT molecular complexity index is 739. The van der Waals surface area contributed by atoms with Crippen LogP contribution in [0.15, 0.2) is 36.5 Å². The van der Waals surface area contributed by atoms with Gasteiger partial charge in [-0.25, -0.2) is 8.42 Å². The lowest BCUT2D eigenvalue weighted by molar-refractivity contribution is 0.428. The quantitative estimate of drug-likeness (QED) is 0.922. The van der Waals surface area contributed by atoms with E-state index in [4.69, 9.17) is 0 Å². The Morgan fingerprint density at radius 1 is 1.29 bits per heavy atom. The molecule has 0 fully saturated rings. The van der Waals surface area contributed by atoms with Crippen LogP contribution in [0, 0.1) is 0 Å². The average Bonchev–Trinajstić information content (AvgIpc) is 2.43. The number of benzene rings is 1. The van der Waals surface area contributed by atoms with E-state index in [-0.39, 0.29) is 6.04 Å². The van der Waals surface area contributed by atoms with Gasteiger partial charge >= 0.3 is 0 Å². The molecule has 1 aromatic heterocycles. The number of fused-ring (bicyclic) bond motifs is 1. The molecule has 0 amide bonds. The van der Waals surface area contributed by atoms with Gasteiger partial charge in [-0.05, 0) is 38.1 Å². The molecule has 2 aromatic rings. The Hall–Kier alpha value is -1.46. The van der Waals surface area contributed by atoms with Crippen molar-refractivity contribution in [2.45, 2.75) is 31.6 Å². The highest BCUT2D eigenvalue weighted by atomic mass is 32.2. The van der Waals surface area contributed by atoms with Gasteiger partial charge in [-0.1, -0.05) is 25.1 Å². The smallest absolute Gasteiger partial charge is 0.154 e. The molecule has 1 unspecified atom stereocenters. The molecule has 1 aromatic carbocycles. The molecule has 0 bridgehead atoms. The van der Waals surface area contributed by atoms with Crippen LogP contribution in [0.1, 0.15) is 32.4 Å². The van der Waals surface area contributed by atoms with E-state index in [1.54, 1.807) is 20.0 Å². The molecule has 0 saturated heterocycles. The van der Waals surface area contributed by atoms with Crippen LogP contribution in [0.4, 0.5) is 0 Å². The fourth-order valence-corrected chi connectivity index (χ4v) is 3.09. The van der Waals surface area contributed by atoms with Crippen LogP contribution in [0.5, 0.6) is 0 Å². The number of nitrogens with zero attached hydrogens (tertiary/aromatic N) is 1.